The average molecular weight is 235 g/mol. The Morgan fingerprint density at radius 2 is 1.94 bits per heavy atom. The van der Waals surface area contributed by atoms with Crippen molar-refractivity contribution in [3.05, 3.63) is 29.3 Å². The maximum absolute atomic E-state index is 5.58. The molecule has 2 N–H and O–H groups in total. The molecule has 0 radical (unpaired) electrons. The van der Waals surface area contributed by atoms with Crippen LogP contribution in [0.2, 0.25) is 0 Å². The van der Waals surface area contributed by atoms with Crippen LogP contribution in [0.25, 0.3) is 0 Å². The summed E-state index contributed by atoms with van der Waals surface area (Å²) in [5.74, 6) is 1.66. The highest BCUT2D eigenvalue weighted by atomic mass is 16.5. The molecule has 0 heterocycles. The lowest BCUT2D eigenvalue weighted by Crippen LogP contribution is -2.03. The van der Waals surface area contributed by atoms with Crippen LogP contribution in [0.5, 0.6) is 5.75 Å². The molecule has 96 valence electrons. The number of rotatable bonds is 7. The van der Waals surface area contributed by atoms with Crippen LogP contribution in [-0.2, 0) is 6.42 Å². The lowest BCUT2D eigenvalue weighted by Gasteiger charge is -2.16. The van der Waals surface area contributed by atoms with Gasteiger partial charge in [0.2, 0.25) is 0 Å². The minimum absolute atomic E-state index is 0.664. The molecule has 0 amide bonds. The molecule has 1 aromatic rings. The Bertz CT molecular complexity index is 332. The molecule has 0 bridgehead atoms. The number of hydrogen-bond donors (Lipinski definition) is 1. The van der Waals surface area contributed by atoms with Crippen molar-refractivity contribution in [3.63, 3.8) is 0 Å². The maximum Gasteiger partial charge on any atom is 0.122 e. The molecule has 17 heavy (non-hydrogen) atoms. The Kier molecular flexibility index (Phi) is 6.06. The number of nitrogens with two attached hydrogens (primary N) is 1. The minimum Gasteiger partial charge on any atom is -0.496 e. The van der Waals surface area contributed by atoms with E-state index in [1.165, 1.54) is 24.0 Å². The second kappa shape index (κ2) is 7.33. The second-order valence-electron chi connectivity index (χ2n) is 4.48. The average Bonchev–Trinajstić information content (AvgIpc) is 2.38. The summed E-state index contributed by atoms with van der Waals surface area (Å²) in [5.41, 5.74) is 8.30. The largest absolute Gasteiger partial charge is 0.496 e. The van der Waals surface area contributed by atoms with Crippen LogP contribution in [0.4, 0.5) is 0 Å². The van der Waals surface area contributed by atoms with Crippen LogP contribution in [0.15, 0.2) is 18.2 Å². The van der Waals surface area contributed by atoms with Crippen molar-refractivity contribution < 1.29 is 4.74 Å². The predicted molar refractivity (Wildman–Crippen MR) is 73.7 cm³/mol. The van der Waals surface area contributed by atoms with Crippen molar-refractivity contribution in [1.82, 2.24) is 0 Å². The fourth-order valence-corrected chi connectivity index (χ4v) is 2.30. The number of hydrogen-bond acceptors (Lipinski definition) is 2. The summed E-state index contributed by atoms with van der Waals surface area (Å²) >= 11 is 0. The van der Waals surface area contributed by atoms with Gasteiger partial charge < -0.3 is 10.5 Å². The first-order chi connectivity index (χ1) is 8.26. The lowest BCUT2D eigenvalue weighted by atomic mass is 9.91. The first-order valence-corrected chi connectivity index (χ1v) is 6.63. The SMILES string of the molecule is CCC(CC)c1ccc(OC)c(CCCN)c1. The molecular formula is C15H25NO. The monoisotopic (exact) mass is 235 g/mol. The molecule has 1 rings (SSSR count). The van der Waals surface area contributed by atoms with E-state index in [1.807, 2.05) is 0 Å². The van der Waals surface area contributed by atoms with Gasteiger partial charge in [0, 0.05) is 0 Å². The molecule has 1 aromatic carbocycles. The summed E-state index contributed by atoms with van der Waals surface area (Å²) in [5, 5.41) is 0. The van der Waals surface area contributed by atoms with Crippen molar-refractivity contribution >= 4 is 0 Å². The molecule has 0 saturated heterocycles. The summed E-state index contributed by atoms with van der Waals surface area (Å²) in [6.07, 6.45) is 4.41. The van der Waals surface area contributed by atoms with E-state index in [2.05, 4.69) is 32.0 Å². The summed E-state index contributed by atoms with van der Waals surface area (Å²) in [6.45, 7) is 5.23. The normalized spacial score (nSPS) is 10.9. The van der Waals surface area contributed by atoms with Crippen LogP contribution in [-0.4, -0.2) is 13.7 Å². The van der Waals surface area contributed by atoms with Crippen molar-refractivity contribution in [2.75, 3.05) is 13.7 Å². The summed E-state index contributed by atoms with van der Waals surface area (Å²) in [6, 6.07) is 6.59. The van der Waals surface area contributed by atoms with Crippen molar-refractivity contribution in [2.45, 2.75) is 45.4 Å². The van der Waals surface area contributed by atoms with Gasteiger partial charge >= 0.3 is 0 Å². The molecule has 0 atom stereocenters. The Hall–Kier alpha value is -1.02. The zero-order valence-corrected chi connectivity index (χ0v) is 11.3. The van der Waals surface area contributed by atoms with Crippen LogP contribution in [0.3, 0.4) is 0 Å². The first kappa shape index (κ1) is 14.0. The third-order valence-electron chi connectivity index (χ3n) is 3.41. The standard InChI is InChI=1S/C15H25NO/c1-4-12(5-2)13-8-9-15(17-3)14(11-13)7-6-10-16/h8-9,11-12H,4-7,10,16H2,1-3H3. The van der Waals surface area contributed by atoms with Gasteiger partial charge in [-0.1, -0.05) is 26.0 Å². The van der Waals surface area contributed by atoms with E-state index in [9.17, 15) is 0 Å². The van der Waals surface area contributed by atoms with Gasteiger partial charge in [-0.3, -0.25) is 0 Å². The van der Waals surface area contributed by atoms with E-state index in [0.29, 0.717) is 5.92 Å². The van der Waals surface area contributed by atoms with Crippen molar-refractivity contribution in [3.8, 4) is 5.75 Å². The topological polar surface area (TPSA) is 35.2 Å². The fraction of sp³-hybridized carbons (Fsp3) is 0.600. The maximum atomic E-state index is 5.58. The van der Waals surface area contributed by atoms with E-state index in [0.717, 1.165) is 25.1 Å². The summed E-state index contributed by atoms with van der Waals surface area (Å²) in [7, 11) is 1.73. The number of ether oxygens (including phenoxy) is 1. The first-order valence-electron chi connectivity index (χ1n) is 6.63. The quantitative estimate of drug-likeness (QED) is 0.785. The van der Waals surface area contributed by atoms with Crippen molar-refractivity contribution in [2.24, 2.45) is 5.73 Å². The highest BCUT2D eigenvalue weighted by Crippen LogP contribution is 2.28. The molecule has 0 unspecified atom stereocenters. The third kappa shape index (κ3) is 3.74. The number of benzene rings is 1. The van der Waals surface area contributed by atoms with Gasteiger partial charge in [-0.2, -0.15) is 0 Å². The molecule has 0 aromatic heterocycles. The zero-order valence-electron chi connectivity index (χ0n) is 11.3. The summed E-state index contributed by atoms with van der Waals surface area (Å²) in [4.78, 5) is 0. The fourth-order valence-electron chi connectivity index (χ4n) is 2.30. The summed E-state index contributed by atoms with van der Waals surface area (Å²) < 4.78 is 5.40. The molecule has 0 spiro atoms. The highest BCUT2D eigenvalue weighted by Gasteiger charge is 2.10. The molecule has 0 aliphatic carbocycles. The lowest BCUT2D eigenvalue weighted by molar-refractivity contribution is 0.408. The van der Waals surface area contributed by atoms with Crippen LogP contribution < -0.4 is 10.5 Å². The highest BCUT2D eigenvalue weighted by molar-refractivity contribution is 5.38. The van der Waals surface area contributed by atoms with Crippen LogP contribution in [0, 0.1) is 0 Å². The number of aryl methyl sites for hydroxylation is 1. The van der Waals surface area contributed by atoms with Gasteiger partial charge in [0.05, 0.1) is 7.11 Å². The zero-order chi connectivity index (χ0) is 12.7. The third-order valence-corrected chi connectivity index (χ3v) is 3.41. The van der Waals surface area contributed by atoms with Crippen LogP contribution in [0.1, 0.15) is 50.2 Å². The molecular weight excluding hydrogens is 210 g/mol. The van der Waals surface area contributed by atoms with Gasteiger partial charge in [0.25, 0.3) is 0 Å². The predicted octanol–water partition coefficient (Wildman–Crippen LogP) is 3.49. The minimum atomic E-state index is 0.664. The Balaban J connectivity index is 2.94. The Morgan fingerprint density at radius 3 is 2.47 bits per heavy atom. The molecule has 0 aliphatic rings. The molecule has 0 fully saturated rings. The van der Waals surface area contributed by atoms with Crippen molar-refractivity contribution in [1.29, 1.82) is 0 Å². The van der Waals surface area contributed by atoms with Gasteiger partial charge in [0.15, 0.2) is 0 Å². The van der Waals surface area contributed by atoms with Gasteiger partial charge in [-0.05, 0) is 55.3 Å². The van der Waals surface area contributed by atoms with E-state index < -0.39 is 0 Å². The van der Waals surface area contributed by atoms with E-state index >= 15 is 0 Å². The Morgan fingerprint density at radius 1 is 1.24 bits per heavy atom. The van der Waals surface area contributed by atoms with E-state index in [1.54, 1.807) is 7.11 Å². The molecule has 2 heteroatoms. The van der Waals surface area contributed by atoms with Gasteiger partial charge in [-0.15, -0.1) is 0 Å². The second-order valence-corrected chi connectivity index (χ2v) is 4.48. The van der Waals surface area contributed by atoms with Crippen LogP contribution >= 0.6 is 0 Å². The van der Waals surface area contributed by atoms with E-state index in [-0.39, 0.29) is 0 Å². The smallest absolute Gasteiger partial charge is 0.122 e. The number of methoxy groups -OCH3 is 1. The Labute approximate surface area is 105 Å². The van der Waals surface area contributed by atoms with E-state index in [4.69, 9.17) is 10.5 Å². The van der Waals surface area contributed by atoms with Gasteiger partial charge in [-0.25, -0.2) is 0 Å². The molecule has 0 saturated carbocycles. The molecule has 0 aliphatic heterocycles. The van der Waals surface area contributed by atoms with Gasteiger partial charge in [0.1, 0.15) is 5.75 Å². The molecule has 2 nitrogen and oxygen atoms in total.